The number of nitrogens with two attached hydrogens (primary N) is 1. The van der Waals surface area contributed by atoms with Gasteiger partial charge >= 0.3 is 6.61 Å². The van der Waals surface area contributed by atoms with E-state index >= 15 is 0 Å². The highest BCUT2D eigenvalue weighted by Crippen LogP contribution is 2.29. The van der Waals surface area contributed by atoms with E-state index in [-0.39, 0.29) is 5.56 Å². The lowest BCUT2D eigenvalue weighted by molar-refractivity contribution is -0.132. The topological polar surface area (TPSA) is 92.8 Å². The van der Waals surface area contributed by atoms with E-state index in [1.165, 1.54) is 0 Å². The lowest BCUT2D eigenvalue weighted by Crippen LogP contribution is -2.34. The maximum atomic E-state index is 12.9. The molecule has 2 atom stereocenters. The van der Waals surface area contributed by atoms with E-state index in [4.69, 9.17) is 5.73 Å². The molecule has 0 aliphatic rings. The van der Waals surface area contributed by atoms with Crippen molar-refractivity contribution in [2.75, 3.05) is 0 Å². The van der Waals surface area contributed by atoms with Gasteiger partial charge in [-0.2, -0.15) is 8.78 Å². The normalized spacial score (nSPS) is 14.3. The van der Waals surface area contributed by atoms with E-state index in [2.05, 4.69) is 4.74 Å². The van der Waals surface area contributed by atoms with Crippen molar-refractivity contribution < 1.29 is 32.9 Å². The Bertz CT molecular complexity index is 441. The Kier molecular flexibility index (Phi) is 4.51. The van der Waals surface area contributed by atoms with E-state index in [0.29, 0.717) is 6.07 Å². The molecule has 1 aromatic rings. The van der Waals surface area contributed by atoms with Crippen molar-refractivity contribution in [1.29, 1.82) is 0 Å². The third kappa shape index (κ3) is 3.34. The molecule has 1 amide bonds. The van der Waals surface area contributed by atoms with Crippen molar-refractivity contribution in [3.8, 4) is 5.75 Å². The molecule has 0 heterocycles. The molecule has 0 saturated heterocycles. The second-order valence-electron chi connectivity index (χ2n) is 3.35. The monoisotopic (exact) mass is 265 g/mol. The molecule has 0 bridgehead atoms. The summed E-state index contributed by atoms with van der Waals surface area (Å²) in [5.74, 6) is -2.82. The predicted octanol–water partition coefficient (Wildman–Crippen LogP) is 0.307. The van der Waals surface area contributed by atoms with Crippen molar-refractivity contribution in [2.45, 2.75) is 18.8 Å². The molecule has 0 spiro atoms. The predicted molar refractivity (Wildman–Crippen MR) is 53.2 cm³/mol. The number of aliphatic hydroxyl groups excluding tert-OH is 2. The lowest BCUT2D eigenvalue weighted by Gasteiger charge is -2.18. The number of halogens is 3. The third-order valence-corrected chi connectivity index (χ3v) is 2.10. The largest absolute Gasteiger partial charge is 0.434 e. The van der Waals surface area contributed by atoms with Gasteiger partial charge in [0.25, 0.3) is 0 Å². The summed E-state index contributed by atoms with van der Waals surface area (Å²) in [7, 11) is 0. The van der Waals surface area contributed by atoms with Crippen LogP contribution in [0.1, 0.15) is 11.7 Å². The summed E-state index contributed by atoms with van der Waals surface area (Å²) in [4.78, 5) is 10.7. The number of ether oxygens (including phenoxy) is 1. The van der Waals surface area contributed by atoms with Crippen LogP contribution in [-0.2, 0) is 4.79 Å². The smallest absolute Gasteiger partial charge is 0.387 e. The van der Waals surface area contributed by atoms with Crippen molar-refractivity contribution in [3.05, 3.63) is 29.6 Å². The van der Waals surface area contributed by atoms with Crippen LogP contribution >= 0.6 is 0 Å². The Balaban J connectivity index is 3.10. The third-order valence-electron chi connectivity index (χ3n) is 2.10. The lowest BCUT2D eigenvalue weighted by atomic mass is 10.0. The van der Waals surface area contributed by atoms with Gasteiger partial charge in [-0.3, -0.25) is 4.79 Å². The van der Waals surface area contributed by atoms with Crippen molar-refractivity contribution in [3.63, 3.8) is 0 Å². The fraction of sp³-hybridized carbons (Fsp3) is 0.300. The zero-order chi connectivity index (χ0) is 13.9. The molecule has 4 N–H and O–H groups in total. The molecule has 0 aliphatic carbocycles. The van der Waals surface area contributed by atoms with Crippen molar-refractivity contribution in [2.24, 2.45) is 5.73 Å². The molecule has 1 aromatic carbocycles. The fourth-order valence-electron chi connectivity index (χ4n) is 1.28. The van der Waals surface area contributed by atoms with Crippen LogP contribution in [0.4, 0.5) is 13.2 Å². The second kappa shape index (κ2) is 5.69. The molecule has 0 fully saturated rings. The molecule has 1 rings (SSSR count). The van der Waals surface area contributed by atoms with E-state index in [1.54, 1.807) is 0 Å². The number of amides is 1. The van der Waals surface area contributed by atoms with Gasteiger partial charge in [0.2, 0.25) is 5.91 Å². The quantitative estimate of drug-likeness (QED) is 0.714. The minimum atomic E-state index is -3.25. The Hall–Kier alpha value is -1.80. The van der Waals surface area contributed by atoms with Gasteiger partial charge in [-0.1, -0.05) is 0 Å². The molecule has 0 aliphatic heterocycles. The molecule has 18 heavy (non-hydrogen) atoms. The van der Waals surface area contributed by atoms with Gasteiger partial charge in [0, 0.05) is 11.6 Å². The molecule has 0 radical (unpaired) electrons. The Morgan fingerprint density at radius 1 is 1.33 bits per heavy atom. The van der Waals surface area contributed by atoms with Crippen molar-refractivity contribution in [1.82, 2.24) is 0 Å². The number of benzene rings is 1. The van der Waals surface area contributed by atoms with Crippen LogP contribution < -0.4 is 10.5 Å². The van der Waals surface area contributed by atoms with Gasteiger partial charge in [0.1, 0.15) is 17.7 Å². The summed E-state index contributed by atoms with van der Waals surface area (Å²) in [5, 5.41) is 18.8. The Morgan fingerprint density at radius 3 is 2.44 bits per heavy atom. The number of hydrogen-bond donors (Lipinski definition) is 3. The van der Waals surface area contributed by atoms with E-state index in [0.717, 1.165) is 12.1 Å². The number of carbonyl (C=O) groups is 1. The number of alkyl halides is 2. The van der Waals surface area contributed by atoms with E-state index < -0.39 is 36.3 Å². The van der Waals surface area contributed by atoms with Gasteiger partial charge in [0.15, 0.2) is 6.10 Å². The average molecular weight is 265 g/mol. The molecule has 0 saturated carbocycles. The molecular formula is C10H10F3NO4. The maximum absolute atomic E-state index is 12.9. The molecule has 2 unspecified atom stereocenters. The minimum absolute atomic E-state index is 0.372. The number of carbonyl (C=O) groups excluding carboxylic acids is 1. The van der Waals surface area contributed by atoms with E-state index in [9.17, 15) is 28.2 Å². The number of primary amides is 1. The highest BCUT2D eigenvalue weighted by Gasteiger charge is 2.27. The zero-order valence-electron chi connectivity index (χ0n) is 8.89. The van der Waals surface area contributed by atoms with Crippen LogP contribution in [0, 0.1) is 5.82 Å². The summed E-state index contributed by atoms with van der Waals surface area (Å²) in [6, 6.07) is 2.35. The molecule has 0 aromatic heterocycles. The van der Waals surface area contributed by atoms with E-state index in [1.807, 2.05) is 0 Å². The average Bonchev–Trinajstić information content (AvgIpc) is 2.26. The Labute approximate surface area is 99.6 Å². The summed E-state index contributed by atoms with van der Waals surface area (Å²) in [6.07, 6.45) is -3.91. The first kappa shape index (κ1) is 14.3. The SMILES string of the molecule is NC(=O)C(O)C(O)c1ccc(F)cc1OC(F)F. The van der Waals surface area contributed by atoms with Crippen LogP contribution in [0.2, 0.25) is 0 Å². The second-order valence-corrected chi connectivity index (χ2v) is 3.35. The highest BCUT2D eigenvalue weighted by molar-refractivity contribution is 5.79. The Morgan fingerprint density at radius 2 is 1.94 bits per heavy atom. The maximum Gasteiger partial charge on any atom is 0.387 e. The van der Waals surface area contributed by atoms with Crippen LogP contribution in [0.5, 0.6) is 5.75 Å². The molecule has 100 valence electrons. The number of rotatable bonds is 5. The summed E-state index contributed by atoms with van der Waals surface area (Å²) in [6.45, 7) is -3.25. The fourth-order valence-corrected chi connectivity index (χ4v) is 1.28. The molecular weight excluding hydrogens is 255 g/mol. The van der Waals surface area contributed by atoms with Crippen LogP contribution in [-0.4, -0.2) is 28.8 Å². The summed E-state index contributed by atoms with van der Waals surface area (Å²) in [5.41, 5.74) is 4.37. The first-order valence-electron chi connectivity index (χ1n) is 4.72. The van der Waals surface area contributed by atoms with Crippen LogP contribution in [0.3, 0.4) is 0 Å². The minimum Gasteiger partial charge on any atom is -0.434 e. The van der Waals surface area contributed by atoms with Crippen molar-refractivity contribution >= 4 is 5.91 Å². The van der Waals surface area contributed by atoms with Gasteiger partial charge in [-0.15, -0.1) is 0 Å². The molecule has 8 heteroatoms. The van der Waals surface area contributed by atoms with Crippen LogP contribution in [0.25, 0.3) is 0 Å². The van der Waals surface area contributed by atoms with Gasteiger partial charge in [-0.25, -0.2) is 4.39 Å². The number of aliphatic hydroxyl groups is 2. The standard InChI is InChI=1S/C10H10F3NO4/c11-4-1-2-5(6(3-4)18-10(12)13)7(15)8(16)9(14)17/h1-3,7-8,10,15-16H,(H2,14,17). The summed E-state index contributed by atoms with van der Waals surface area (Å²) >= 11 is 0. The molecule has 5 nitrogen and oxygen atoms in total. The summed E-state index contributed by atoms with van der Waals surface area (Å²) < 4.78 is 41.0. The number of hydrogen-bond acceptors (Lipinski definition) is 4. The zero-order valence-corrected chi connectivity index (χ0v) is 8.89. The first-order chi connectivity index (χ1) is 8.32. The van der Waals surface area contributed by atoms with Gasteiger partial charge in [0.05, 0.1) is 0 Å². The van der Waals surface area contributed by atoms with Gasteiger partial charge < -0.3 is 20.7 Å². The highest BCUT2D eigenvalue weighted by atomic mass is 19.3. The van der Waals surface area contributed by atoms with Crippen LogP contribution in [0.15, 0.2) is 18.2 Å². The van der Waals surface area contributed by atoms with Gasteiger partial charge in [-0.05, 0) is 12.1 Å². The first-order valence-corrected chi connectivity index (χ1v) is 4.72.